The SMILES string of the molecule is CCCCCCCCC=CCCCCCCC(C(N)=O)c1ccc2ccccc2n1. The summed E-state index contributed by atoms with van der Waals surface area (Å²) < 4.78 is 0. The molecule has 0 bridgehead atoms. The number of benzene rings is 1. The molecule has 2 aromatic rings. The number of nitrogens with two attached hydrogens (primary N) is 1. The molecule has 2 rings (SSSR count). The normalized spacial score (nSPS) is 12.6. The first kappa shape index (κ1) is 24.1. The Balaban J connectivity index is 1.59. The van der Waals surface area contributed by atoms with Gasteiger partial charge in [0.15, 0.2) is 0 Å². The van der Waals surface area contributed by atoms with E-state index in [1.54, 1.807) is 0 Å². The van der Waals surface area contributed by atoms with E-state index in [0.717, 1.165) is 35.9 Å². The van der Waals surface area contributed by atoms with E-state index < -0.39 is 0 Å². The minimum absolute atomic E-state index is 0.268. The molecule has 3 nitrogen and oxygen atoms in total. The maximum absolute atomic E-state index is 12.0. The molecule has 1 heterocycles. The van der Waals surface area contributed by atoms with E-state index in [2.05, 4.69) is 24.1 Å². The first-order chi connectivity index (χ1) is 14.7. The number of unbranched alkanes of at least 4 members (excludes halogenated alkanes) is 10. The number of carbonyl (C=O) groups is 1. The molecule has 164 valence electrons. The molecule has 1 aromatic carbocycles. The topological polar surface area (TPSA) is 56.0 Å². The third kappa shape index (κ3) is 9.11. The Morgan fingerprint density at radius 2 is 1.50 bits per heavy atom. The monoisotopic (exact) mass is 408 g/mol. The van der Waals surface area contributed by atoms with Gasteiger partial charge in [0.25, 0.3) is 0 Å². The lowest BCUT2D eigenvalue weighted by molar-refractivity contribution is -0.119. The number of hydrogen-bond donors (Lipinski definition) is 1. The van der Waals surface area contributed by atoms with Crippen LogP contribution in [0.5, 0.6) is 0 Å². The predicted octanol–water partition coefficient (Wildman–Crippen LogP) is 7.45. The Morgan fingerprint density at radius 1 is 0.867 bits per heavy atom. The summed E-state index contributed by atoms with van der Waals surface area (Å²) in [6.07, 6.45) is 20.7. The Hall–Kier alpha value is -2.16. The predicted molar refractivity (Wildman–Crippen MR) is 129 cm³/mol. The minimum atomic E-state index is -0.285. The first-order valence-corrected chi connectivity index (χ1v) is 12.0. The fraction of sp³-hybridized carbons (Fsp3) is 0.556. The number of para-hydroxylation sites is 1. The molecule has 3 heteroatoms. The van der Waals surface area contributed by atoms with Crippen LogP contribution in [-0.4, -0.2) is 10.9 Å². The van der Waals surface area contributed by atoms with E-state index in [-0.39, 0.29) is 11.8 Å². The van der Waals surface area contributed by atoms with Crippen LogP contribution < -0.4 is 5.73 Å². The zero-order valence-electron chi connectivity index (χ0n) is 18.8. The average molecular weight is 409 g/mol. The van der Waals surface area contributed by atoms with Crippen LogP contribution in [-0.2, 0) is 4.79 Å². The number of hydrogen-bond acceptors (Lipinski definition) is 2. The smallest absolute Gasteiger partial charge is 0.226 e. The largest absolute Gasteiger partial charge is 0.369 e. The fourth-order valence-electron chi connectivity index (χ4n) is 3.95. The second-order valence-corrected chi connectivity index (χ2v) is 8.40. The number of allylic oxidation sites excluding steroid dienone is 2. The van der Waals surface area contributed by atoms with E-state index in [4.69, 9.17) is 5.73 Å². The van der Waals surface area contributed by atoms with E-state index in [0.29, 0.717) is 0 Å². The lowest BCUT2D eigenvalue weighted by atomic mass is 9.95. The van der Waals surface area contributed by atoms with Gasteiger partial charge in [-0.3, -0.25) is 9.78 Å². The molecular weight excluding hydrogens is 368 g/mol. The molecular formula is C27H40N2O. The Kier molecular flexibility index (Phi) is 11.9. The van der Waals surface area contributed by atoms with Gasteiger partial charge in [-0.2, -0.15) is 0 Å². The lowest BCUT2D eigenvalue weighted by Crippen LogP contribution is -2.22. The van der Waals surface area contributed by atoms with Crippen LogP contribution >= 0.6 is 0 Å². The Morgan fingerprint density at radius 3 is 2.20 bits per heavy atom. The summed E-state index contributed by atoms with van der Waals surface area (Å²) >= 11 is 0. The van der Waals surface area contributed by atoms with Gasteiger partial charge in [0.1, 0.15) is 0 Å². The minimum Gasteiger partial charge on any atom is -0.369 e. The molecule has 0 saturated heterocycles. The number of aromatic nitrogens is 1. The van der Waals surface area contributed by atoms with Gasteiger partial charge in [0.05, 0.1) is 17.1 Å². The maximum atomic E-state index is 12.0. The number of primary amides is 1. The van der Waals surface area contributed by atoms with Gasteiger partial charge in [-0.1, -0.05) is 94.7 Å². The fourth-order valence-corrected chi connectivity index (χ4v) is 3.95. The van der Waals surface area contributed by atoms with E-state index in [9.17, 15) is 4.79 Å². The summed E-state index contributed by atoms with van der Waals surface area (Å²) in [5, 5.41) is 1.09. The summed E-state index contributed by atoms with van der Waals surface area (Å²) in [6, 6.07) is 12.0. The molecule has 0 aliphatic carbocycles. The molecule has 0 saturated carbocycles. The van der Waals surface area contributed by atoms with Crippen molar-refractivity contribution in [1.29, 1.82) is 0 Å². The summed E-state index contributed by atoms with van der Waals surface area (Å²) in [6.45, 7) is 2.26. The first-order valence-electron chi connectivity index (χ1n) is 12.0. The third-order valence-electron chi connectivity index (χ3n) is 5.83. The average Bonchev–Trinajstić information content (AvgIpc) is 2.76. The number of carbonyl (C=O) groups excluding carboxylic acids is 1. The van der Waals surface area contributed by atoms with Crippen molar-refractivity contribution in [2.45, 2.75) is 96.3 Å². The Bertz CT molecular complexity index is 768. The van der Waals surface area contributed by atoms with Crippen LogP contribution in [0.2, 0.25) is 0 Å². The van der Waals surface area contributed by atoms with Crippen molar-refractivity contribution in [2.75, 3.05) is 0 Å². The highest BCUT2D eigenvalue weighted by molar-refractivity contribution is 5.83. The van der Waals surface area contributed by atoms with Crippen molar-refractivity contribution in [2.24, 2.45) is 5.73 Å². The second-order valence-electron chi connectivity index (χ2n) is 8.40. The van der Waals surface area contributed by atoms with E-state index in [1.807, 2.05) is 36.4 Å². The summed E-state index contributed by atoms with van der Waals surface area (Å²) in [5.74, 6) is -0.553. The van der Waals surface area contributed by atoms with E-state index >= 15 is 0 Å². The Labute approximate surface area is 183 Å². The number of rotatable bonds is 16. The molecule has 0 fully saturated rings. The van der Waals surface area contributed by atoms with Crippen LogP contribution in [0.25, 0.3) is 10.9 Å². The molecule has 1 amide bonds. The summed E-state index contributed by atoms with van der Waals surface area (Å²) in [7, 11) is 0. The second kappa shape index (κ2) is 14.8. The number of nitrogens with zero attached hydrogens (tertiary/aromatic N) is 1. The molecule has 0 spiro atoms. The van der Waals surface area contributed by atoms with Gasteiger partial charge in [0.2, 0.25) is 5.91 Å². The number of pyridine rings is 1. The number of amides is 1. The van der Waals surface area contributed by atoms with Gasteiger partial charge >= 0.3 is 0 Å². The van der Waals surface area contributed by atoms with Crippen molar-refractivity contribution < 1.29 is 4.79 Å². The molecule has 1 unspecified atom stereocenters. The third-order valence-corrected chi connectivity index (χ3v) is 5.83. The van der Waals surface area contributed by atoms with Gasteiger partial charge < -0.3 is 5.73 Å². The molecule has 0 aliphatic heterocycles. The molecule has 0 radical (unpaired) electrons. The van der Waals surface area contributed by atoms with E-state index in [1.165, 1.54) is 64.2 Å². The highest BCUT2D eigenvalue weighted by Gasteiger charge is 2.19. The van der Waals surface area contributed by atoms with Crippen molar-refractivity contribution in [3.63, 3.8) is 0 Å². The standard InChI is InChI=1S/C27H40N2O/c1-2-3-4-5-6-7-8-9-10-11-12-13-14-15-19-24(27(28)30)26-22-21-23-18-16-17-20-25(23)29-26/h9-10,16-18,20-22,24H,2-8,11-15,19H2,1H3,(H2,28,30). The van der Waals surface area contributed by atoms with Crippen LogP contribution in [0, 0.1) is 0 Å². The van der Waals surface area contributed by atoms with Crippen molar-refractivity contribution in [3.05, 3.63) is 54.2 Å². The van der Waals surface area contributed by atoms with Gasteiger partial charge in [-0.05, 0) is 44.2 Å². The van der Waals surface area contributed by atoms with Gasteiger partial charge in [-0.15, -0.1) is 0 Å². The zero-order valence-corrected chi connectivity index (χ0v) is 18.8. The van der Waals surface area contributed by atoms with Crippen LogP contribution in [0.15, 0.2) is 48.6 Å². The van der Waals surface area contributed by atoms with Crippen molar-refractivity contribution in [1.82, 2.24) is 4.98 Å². The molecule has 2 N–H and O–H groups in total. The van der Waals surface area contributed by atoms with Crippen molar-refractivity contribution >= 4 is 16.8 Å². The van der Waals surface area contributed by atoms with Gasteiger partial charge in [-0.25, -0.2) is 0 Å². The number of fused-ring (bicyclic) bond motifs is 1. The summed E-state index contributed by atoms with van der Waals surface area (Å²) in [5.41, 5.74) is 7.41. The quantitative estimate of drug-likeness (QED) is 0.231. The summed E-state index contributed by atoms with van der Waals surface area (Å²) in [4.78, 5) is 16.6. The highest BCUT2D eigenvalue weighted by atomic mass is 16.1. The highest BCUT2D eigenvalue weighted by Crippen LogP contribution is 2.23. The maximum Gasteiger partial charge on any atom is 0.226 e. The molecule has 30 heavy (non-hydrogen) atoms. The van der Waals surface area contributed by atoms with Crippen LogP contribution in [0.4, 0.5) is 0 Å². The van der Waals surface area contributed by atoms with Crippen LogP contribution in [0.1, 0.15) is 102 Å². The van der Waals surface area contributed by atoms with Gasteiger partial charge in [0, 0.05) is 5.39 Å². The molecule has 1 atom stereocenters. The molecule has 1 aromatic heterocycles. The zero-order chi connectivity index (χ0) is 21.4. The molecule has 0 aliphatic rings. The lowest BCUT2D eigenvalue weighted by Gasteiger charge is -2.13. The van der Waals surface area contributed by atoms with Crippen molar-refractivity contribution in [3.8, 4) is 0 Å². The van der Waals surface area contributed by atoms with Crippen LogP contribution in [0.3, 0.4) is 0 Å².